The smallest absolute Gasteiger partial charge is 0.272 e. The van der Waals surface area contributed by atoms with Gasteiger partial charge >= 0.3 is 0 Å². The lowest BCUT2D eigenvalue weighted by atomic mass is 10.2. The third-order valence-corrected chi connectivity index (χ3v) is 3.24. The van der Waals surface area contributed by atoms with Gasteiger partial charge in [0.15, 0.2) is 0 Å². The first-order chi connectivity index (χ1) is 6.59. The molecule has 0 amide bonds. The molecule has 0 aliphatic carbocycles. The van der Waals surface area contributed by atoms with Crippen LogP contribution < -0.4 is 5.14 Å². The van der Waals surface area contributed by atoms with E-state index >= 15 is 0 Å². The fourth-order valence-corrected chi connectivity index (χ4v) is 2.49. The zero-order valence-corrected chi connectivity index (χ0v) is 8.64. The molecular formula is C8H7NO3S2. The first kappa shape index (κ1) is 9.45. The van der Waals surface area contributed by atoms with E-state index in [2.05, 4.69) is 0 Å². The topological polar surface area (TPSA) is 73.3 Å². The molecule has 2 heterocycles. The second-order valence-electron chi connectivity index (χ2n) is 2.68. The quantitative estimate of drug-likeness (QED) is 0.851. The highest BCUT2D eigenvalue weighted by atomic mass is 32.2. The molecule has 74 valence electrons. The maximum Gasteiger partial charge on any atom is 0.272 e. The number of sulfonamides is 1. The SMILES string of the molecule is NS(=O)(=O)c1occc1-c1ccsc1. The molecule has 0 fully saturated rings. The van der Waals surface area contributed by atoms with Crippen LogP contribution in [0.15, 0.2) is 38.7 Å². The van der Waals surface area contributed by atoms with Gasteiger partial charge in [-0.15, -0.1) is 0 Å². The minimum absolute atomic E-state index is 0.184. The van der Waals surface area contributed by atoms with Crippen LogP contribution >= 0.6 is 11.3 Å². The Labute approximate surface area is 85.0 Å². The lowest BCUT2D eigenvalue weighted by molar-refractivity contribution is 0.452. The van der Waals surface area contributed by atoms with E-state index in [4.69, 9.17) is 9.56 Å². The Morgan fingerprint density at radius 1 is 1.36 bits per heavy atom. The third-order valence-electron chi connectivity index (χ3n) is 1.72. The average molecular weight is 229 g/mol. The van der Waals surface area contributed by atoms with E-state index in [1.165, 1.54) is 17.6 Å². The predicted octanol–water partition coefficient (Wildman–Crippen LogP) is 1.66. The van der Waals surface area contributed by atoms with E-state index in [1.54, 1.807) is 6.07 Å². The van der Waals surface area contributed by atoms with Crippen LogP contribution in [0.1, 0.15) is 0 Å². The second-order valence-corrected chi connectivity index (χ2v) is 4.92. The summed E-state index contributed by atoms with van der Waals surface area (Å²) in [4.78, 5) is 0. The number of hydrogen-bond acceptors (Lipinski definition) is 4. The Kier molecular flexibility index (Phi) is 2.18. The molecule has 0 bridgehead atoms. The van der Waals surface area contributed by atoms with Gasteiger partial charge in [0.25, 0.3) is 10.0 Å². The van der Waals surface area contributed by atoms with Crippen molar-refractivity contribution in [2.24, 2.45) is 5.14 Å². The van der Waals surface area contributed by atoms with Crippen molar-refractivity contribution >= 4 is 21.4 Å². The Bertz CT molecular complexity index is 525. The van der Waals surface area contributed by atoms with Gasteiger partial charge in [0.05, 0.1) is 6.26 Å². The summed E-state index contributed by atoms with van der Waals surface area (Å²) in [5, 5.41) is 8.49. The Balaban J connectivity index is 2.62. The summed E-state index contributed by atoms with van der Waals surface area (Å²) in [6.45, 7) is 0. The second kappa shape index (κ2) is 3.23. The molecule has 2 rings (SSSR count). The highest BCUT2D eigenvalue weighted by Gasteiger charge is 2.18. The van der Waals surface area contributed by atoms with Gasteiger partial charge in [0.2, 0.25) is 5.09 Å². The normalized spacial score (nSPS) is 11.8. The molecular weight excluding hydrogens is 222 g/mol. The van der Waals surface area contributed by atoms with Crippen LogP contribution in [0.3, 0.4) is 0 Å². The largest absolute Gasteiger partial charge is 0.451 e. The van der Waals surface area contributed by atoms with Gasteiger partial charge in [-0.25, -0.2) is 13.6 Å². The summed E-state index contributed by atoms with van der Waals surface area (Å²) in [7, 11) is -3.78. The molecule has 6 heteroatoms. The summed E-state index contributed by atoms with van der Waals surface area (Å²) in [6, 6.07) is 3.39. The van der Waals surface area contributed by atoms with Gasteiger partial charge in [-0.05, 0) is 28.5 Å². The van der Waals surface area contributed by atoms with Crippen molar-refractivity contribution in [2.75, 3.05) is 0 Å². The van der Waals surface area contributed by atoms with Crippen molar-refractivity contribution in [3.63, 3.8) is 0 Å². The number of hydrogen-bond donors (Lipinski definition) is 1. The van der Waals surface area contributed by atoms with Crippen molar-refractivity contribution in [3.8, 4) is 11.1 Å². The highest BCUT2D eigenvalue weighted by molar-refractivity contribution is 7.89. The Morgan fingerprint density at radius 3 is 2.71 bits per heavy atom. The number of primary sulfonamides is 1. The monoisotopic (exact) mass is 229 g/mol. The molecule has 14 heavy (non-hydrogen) atoms. The molecule has 0 aromatic carbocycles. The number of furan rings is 1. The van der Waals surface area contributed by atoms with E-state index in [0.717, 1.165) is 5.56 Å². The summed E-state index contributed by atoms with van der Waals surface area (Å²) >= 11 is 1.48. The van der Waals surface area contributed by atoms with Crippen LogP contribution in [0.4, 0.5) is 0 Å². The number of thiophene rings is 1. The van der Waals surface area contributed by atoms with Crippen molar-refractivity contribution in [2.45, 2.75) is 5.09 Å². The van der Waals surface area contributed by atoms with Crippen molar-refractivity contribution in [3.05, 3.63) is 29.2 Å². The van der Waals surface area contributed by atoms with E-state index in [9.17, 15) is 8.42 Å². The molecule has 2 N–H and O–H groups in total. The molecule has 0 atom stereocenters. The molecule has 4 nitrogen and oxygen atoms in total. The van der Waals surface area contributed by atoms with Crippen molar-refractivity contribution in [1.82, 2.24) is 0 Å². The average Bonchev–Trinajstić information content (AvgIpc) is 2.73. The maximum absolute atomic E-state index is 11.1. The van der Waals surface area contributed by atoms with Crippen LogP contribution in [0.5, 0.6) is 0 Å². The number of nitrogens with two attached hydrogens (primary N) is 1. The van der Waals surface area contributed by atoms with E-state index in [0.29, 0.717) is 5.56 Å². The molecule has 0 saturated heterocycles. The molecule has 0 radical (unpaired) electrons. The fraction of sp³-hybridized carbons (Fsp3) is 0. The molecule has 0 saturated carbocycles. The van der Waals surface area contributed by atoms with Crippen LogP contribution in [-0.4, -0.2) is 8.42 Å². The molecule has 0 aliphatic heterocycles. The van der Waals surface area contributed by atoms with E-state index in [1.807, 2.05) is 16.8 Å². The molecule has 0 aliphatic rings. The fourth-order valence-electron chi connectivity index (χ4n) is 1.15. The Morgan fingerprint density at radius 2 is 2.14 bits per heavy atom. The number of rotatable bonds is 2. The van der Waals surface area contributed by atoms with Gasteiger partial charge in [-0.2, -0.15) is 11.3 Å². The lowest BCUT2D eigenvalue weighted by Crippen LogP contribution is -2.11. The maximum atomic E-state index is 11.1. The first-order valence-electron chi connectivity index (χ1n) is 3.72. The van der Waals surface area contributed by atoms with Gasteiger partial charge in [0, 0.05) is 5.56 Å². The van der Waals surface area contributed by atoms with Crippen LogP contribution in [0.2, 0.25) is 0 Å². The van der Waals surface area contributed by atoms with E-state index in [-0.39, 0.29) is 5.09 Å². The lowest BCUT2D eigenvalue weighted by Gasteiger charge is -1.96. The van der Waals surface area contributed by atoms with Gasteiger partial charge in [0.1, 0.15) is 0 Å². The predicted molar refractivity (Wildman–Crippen MR) is 53.4 cm³/mol. The summed E-state index contributed by atoms with van der Waals surface area (Å²) in [6.07, 6.45) is 1.31. The van der Waals surface area contributed by atoms with Crippen molar-refractivity contribution < 1.29 is 12.8 Å². The van der Waals surface area contributed by atoms with E-state index < -0.39 is 10.0 Å². The van der Waals surface area contributed by atoms with Crippen LogP contribution in [0, 0.1) is 0 Å². The highest BCUT2D eigenvalue weighted by Crippen LogP contribution is 2.28. The van der Waals surface area contributed by atoms with Gasteiger partial charge in [-0.3, -0.25) is 0 Å². The summed E-state index contributed by atoms with van der Waals surface area (Å²) in [5.41, 5.74) is 1.31. The first-order valence-corrected chi connectivity index (χ1v) is 6.21. The zero-order chi connectivity index (χ0) is 10.2. The summed E-state index contributed by atoms with van der Waals surface area (Å²) in [5.74, 6) is 0. The summed E-state index contributed by atoms with van der Waals surface area (Å²) < 4.78 is 27.0. The van der Waals surface area contributed by atoms with Crippen LogP contribution in [-0.2, 0) is 10.0 Å². The molecule has 2 aromatic rings. The molecule has 0 unspecified atom stereocenters. The minimum Gasteiger partial charge on any atom is -0.451 e. The third kappa shape index (κ3) is 1.59. The standard InChI is InChI=1S/C8H7NO3S2/c9-14(10,11)8-7(1-3-12-8)6-2-4-13-5-6/h1-5H,(H2,9,10,11). The minimum atomic E-state index is -3.78. The van der Waals surface area contributed by atoms with Gasteiger partial charge in [-0.1, -0.05) is 0 Å². The molecule has 2 aromatic heterocycles. The zero-order valence-electron chi connectivity index (χ0n) is 7.01. The Hall–Kier alpha value is -1.11. The molecule has 0 spiro atoms. The van der Waals surface area contributed by atoms with Crippen LogP contribution in [0.25, 0.3) is 11.1 Å². The van der Waals surface area contributed by atoms with Crippen molar-refractivity contribution in [1.29, 1.82) is 0 Å². The van der Waals surface area contributed by atoms with Gasteiger partial charge < -0.3 is 4.42 Å².